The van der Waals surface area contributed by atoms with Gasteiger partial charge in [0.25, 0.3) is 0 Å². The molecule has 22 heavy (non-hydrogen) atoms. The van der Waals surface area contributed by atoms with Gasteiger partial charge in [-0.15, -0.1) is 0 Å². The molecule has 6 heteroatoms. The summed E-state index contributed by atoms with van der Waals surface area (Å²) < 4.78 is 10.4. The molecule has 0 aromatic carbocycles. The molecule has 0 aromatic heterocycles. The lowest BCUT2D eigenvalue weighted by Crippen LogP contribution is -2.41. The van der Waals surface area contributed by atoms with Crippen molar-refractivity contribution in [2.45, 2.75) is 59.1 Å². The van der Waals surface area contributed by atoms with Crippen LogP contribution < -0.4 is 10.6 Å². The van der Waals surface area contributed by atoms with Gasteiger partial charge in [-0.25, -0.2) is 4.79 Å². The van der Waals surface area contributed by atoms with Gasteiger partial charge in [-0.1, -0.05) is 13.8 Å². The van der Waals surface area contributed by atoms with E-state index in [0.717, 1.165) is 19.4 Å². The Bertz CT molecular complexity index is 314. The summed E-state index contributed by atoms with van der Waals surface area (Å²) in [4.78, 5) is 11.5. The molecule has 132 valence electrons. The number of methoxy groups -OCH3 is 1. The Morgan fingerprint density at radius 1 is 1.23 bits per heavy atom. The van der Waals surface area contributed by atoms with Crippen molar-refractivity contribution in [3.8, 4) is 0 Å². The number of carbonyl (C=O) groups is 1. The first-order chi connectivity index (χ1) is 10.1. The van der Waals surface area contributed by atoms with Crippen LogP contribution in [-0.2, 0) is 9.47 Å². The highest BCUT2D eigenvalue weighted by atomic mass is 16.6. The van der Waals surface area contributed by atoms with Gasteiger partial charge in [-0.2, -0.15) is 0 Å². The third-order valence-corrected chi connectivity index (χ3v) is 3.06. The Labute approximate surface area is 134 Å². The first-order valence-corrected chi connectivity index (χ1v) is 7.89. The summed E-state index contributed by atoms with van der Waals surface area (Å²) in [5.74, 6) is 0. The molecule has 0 heterocycles. The number of ether oxygens (including phenoxy) is 2. The lowest BCUT2D eigenvalue weighted by atomic mass is 9.94. The van der Waals surface area contributed by atoms with Gasteiger partial charge in [0.1, 0.15) is 5.60 Å². The smallest absolute Gasteiger partial charge is 0.407 e. The number of nitrogens with one attached hydrogen (secondary N) is 2. The Kier molecular flexibility index (Phi) is 9.64. The second-order valence-electron chi connectivity index (χ2n) is 7.43. The van der Waals surface area contributed by atoms with Gasteiger partial charge in [-0.3, -0.25) is 0 Å². The van der Waals surface area contributed by atoms with Gasteiger partial charge in [-0.05, 0) is 33.6 Å². The molecule has 0 rings (SSSR count). The molecular weight excluding hydrogens is 284 g/mol. The van der Waals surface area contributed by atoms with E-state index in [9.17, 15) is 9.90 Å². The molecule has 1 amide bonds. The molecule has 3 N–H and O–H groups in total. The fourth-order valence-electron chi connectivity index (χ4n) is 1.78. The van der Waals surface area contributed by atoms with Crippen molar-refractivity contribution < 1.29 is 19.4 Å². The molecule has 0 aliphatic rings. The fraction of sp³-hybridized carbons (Fsp3) is 0.938. The van der Waals surface area contributed by atoms with Gasteiger partial charge in [0.05, 0.1) is 6.61 Å². The highest BCUT2D eigenvalue weighted by Crippen LogP contribution is 2.12. The quantitative estimate of drug-likeness (QED) is 0.536. The van der Waals surface area contributed by atoms with Crippen molar-refractivity contribution in [3.63, 3.8) is 0 Å². The van der Waals surface area contributed by atoms with E-state index in [-0.39, 0.29) is 24.2 Å². The van der Waals surface area contributed by atoms with Crippen molar-refractivity contribution in [3.05, 3.63) is 0 Å². The van der Waals surface area contributed by atoms with Crippen LogP contribution in [0.5, 0.6) is 0 Å². The van der Waals surface area contributed by atoms with E-state index in [4.69, 9.17) is 9.47 Å². The highest BCUT2D eigenvalue weighted by molar-refractivity contribution is 5.67. The maximum atomic E-state index is 11.5. The summed E-state index contributed by atoms with van der Waals surface area (Å²) in [6.45, 7) is 11.6. The summed E-state index contributed by atoms with van der Waals surface area (Å²) >= 11 is 0. The van der Waals surface area contributed by atoms with E-state index in [1.807, 2.05) is 34.6 Å². The van der Waals surface area contributed by atoms with E-state index in [1.165, 1.54) is 0 Å². The average molecular weight is 318 g/mol. The standard InChI is InChI=1S/C16H34N2O4/c1-15(2,3)22-14(20)17-9-7-8-13(10-21-6)18-11-16(4,5)12-19/h13,18-19H,7-12H2,1-6H3,(H,17,20). The van der Waals surface area contributed by atoms with Crippen LogP contribution in [0, 0.1) is 5.41 Å². The summed E-state index contributed by atoms with van der Waals surface area (Å²) in [5.41, 5.74) is -0.624. The van der Waals surface area contributed by atoms with E-state index < -0.39 is 5.60 Å². The second-order valence-corrected chi connectivity index (χ2v) is 7.43. The Morgan fingerprint density at radius 2 is 1.86 bits per heavy atom. The molecule has 0 saturated heterocycles. The van der Waals surface area contributed by atoms with Gasteiger partial charge in [0.2, 0.25) is 0 Å². The van der Waals surface area contributed by atoms with E-state index in [2.05, 4.69) is 10.6 Å². The molecule has 1 unspecified atom stereocenters. The zero-order valence-electron chi connectivity index (χ0n) is 15.0. The van der Waals surface area contributed by atoms with Crippen molar-refractivity contribution in [1.29, 1.82) is 0 Å². The predicted octanol–water partition coefficient (Wildman–Crippen LogP) is 1.91. The predicted molar refractivity (Wildman–Crippen MR) is 88.0 cm³/mol. The Hall–Kier alpha value is -0.850. The van der Waals surface area contributed by atoms with Crippen molar-refractivity contribution >= 4 is 6.09 Å². The van der Waals surface area contributed by atoms with Crippen molar-refractivity contribution in [2.24, 2.45) is 5.41 Å². The topological polar surface area (TPSA) is 79.8 Å². The minimum atomic E-state index is -0.472. The number of hydrogen-bond donors (Lipinski definition) is 3. The monoisotopic (exact) mass is 318 g/mol. The lowest BCUT2D eigenvalue weighted by molar-refractivity contribution is 0.0525. The number of alkyl carbamates (subject to hydrolysis) is 1. The average Bonchev–Trinajstić information content (AvgIpc) is 2.39. The van der Waals surface area contributed by atoms with Gasteiger partial charge in [0, 0.05) is 38.3 Å². The second kappa shape index (κ2) is 10.0. The normalized spacial score (nSPS) is 13.8. The molecule has 0 aromatic rings. The third-order valence-electron chi connectivity index (χ3n) is 3.06. The minimum Gasteiger partial charge on any atom is -0.444 e. The number of aliphatic hydroxyl groups excluding tert-OH is 1. The summed E-state index contributed by atoms with van der Waals surface area (Å²) in [6.07, 6.45) is 1.33. The van der Waals surface area contributed by atoms with Crippen LogP contribution in [0.3, 0.4) is 0 Å². The van der Waals surface area contributed by atoms with Crippen LogP contribution in [0.25, 0.3) is 0 Å². The number of hydrogen-bond acceptors (Lipinski definition) is 5. The number of amides is 1. The number of carbonyl (C=O) groups excluding carboxylic acids is 1. The maximum Gasteiger partial charge on any atom is 0.407 e. The summed E-state index contributed by atoms with van der Waals surface area (Å²) in [7, 11) is 1.67. The minimum absolute atomic E-state index is 0.139. The molecule has 0 spiro atoms. The van der Waals surface area contributed by atoms with Crippen LogP contribution in [-0.4, -0.2) is 56.3 Å². The summed E-state index contributed by atoms with van der Waals surface area (Å²) in [5, 5.41) is 15.4. The molecule has 0 aliphatic carbocycles. The molecular formula is C16H34N2O4. The largest absolute Gasteiger partial charge is 0.444 e. The van der Waals surface area contributed by atoms with E-state index in [0.29, 0.717) is 13.2 Å². The Morgan fingerprint density at radius 3 is 2.36 bits per heavy atom. The molecule has 1 atom stereocenters. The van der Waals surface area contributed by atoms with Gasteiger partial charge < -0.3 is 25.2 Å². The van der Waals surface area contributed by atoms with Crippen LogP contribution in [0.2, 0.25) is 0 Å². The van der Waals surface area contributed by atoms with Crippen LogP contribution >= 0.6 is 0 Å². The Balaban J connectivity index is 3.98. The molecule has 0 aliphatic heterocycles. The molecule has 0 saturated carbocycles. The molecule has 0 radical (unpaired) electrons. The third kappa shape index (κ3) is 11.8. The van der Waals surface area contributed by atoms with Crippen LogP contribution in [0.4, 0.5) is 4.79 Å². The SMILES string of the molecule is COCC(CCCNC(=O)OC(C)(C)C)NCC(C)(C)CO. The van der Waals surface area contributed by atoms with E-state index >= 15 is 0 Å². The number of rotatable bonds is 10. The zero-order chi connectivity index (χ0) is 17.2. The zero-order valence-corrected chi connectivity index (χ0v) is 15.0. The van der Waals surface area contributed by atoms with Crippen LogP contribution in [0.1, 0.15) is 47.5 Å². The van der Waals surface area contributed by atoms with Crippen LogP contribution in [0.15, 0.2) is 0 Å². The summed E-state index contributed by atoms with van der Waals surface area (Å²) in [6, 6.07) is 0.205. The molecule has 0 fully saturated rings. The maximum absolute atomic E-state index is 11.5. The van der Waals surface area contributed by atoms with Crippen molar-refractivity contribution in [1.82, 2.24) is 10.6 Å². The number of aliphatic hydroxyl groups is 1. The molecule has 6 nitrogen and oxygen atoms in total. The fourth-order valence-corrected chi connectivity index (χ4v) is 1.78. The van der Waals surface area contributed by atoms with Gasteiger partial charge >= 0.3 is 6.09 Å². The molecule has 0 bridgehead atoms. The van der Waals surface area contributed by atoms with E-state index in [1.54, 1.807) is 7.11 Å². The first kappa shape index (κ1) is 21.1. The highest BCUT2D eigenvalue weighted by Gasteiger charge is 2.19. The lowest BCUT2D eigenvalue weighted by Gasteiger charge is -2.26. The van der Waals surface area contributed by atoms with Crippen molar-refractivity contribution in [2.75, 3.05) is 33.4 Å². The van der Waals surface area contributed by atoms with Gasteiger partial charge in [0.15, 0.2) is 0 Å². The first-order valence-electron chi connectivity index (χ1n) is 7.89.